The number of benzene rings is 1. The van der Waals surface area contributed by atoms with E-state index in [0.717, 1.165) is 10.6 Å². The molecule has 1 aromatic carbocycles. The van der Waals surface area contributed by atoms with Crippen molar-refractivity contribution in [3.63, 3.8) is 0 Å². The first-order chi connectivity index (χ1) is 9.62. The molecule has 1 rings (SSSR count). The summed E-state index contributed by atoms with van der Waals surface area (Å²) < 4.78 is 15.4. The van der Waals surface area contributed by atoms with Crippen LogP contribution in [0.3, 0.4) is 0 Å². The van der Waals surface area contributed by atoms with E-state index in [1.807, 2.05) is 6.07 Å². The summed E-state index contributed by atoms with van der Waals surface area (Å²) in [6, 6.07) is 5.33. The lowest BCUT2D eigenvalue weighted by atomic mass is 10.2. The summed E-state index contributed by atoms with van der Waals surface area (Å²) in [7, 11) is 6.06. The lowest BCUT2D eigenvalue weighted by Gasteiger charge is -2.11. The Hall–Kier alpha value is -2.05. The van der Waals surface area contributed by atoms with E-state index < -0.39 is 0 Å². The van der Waals surface area contributed by atoms with E-state index in [2.05, 4.69) is 0 Å². The van der Waals surface area contributed by atoms with Gasteiger partial charge in [-0.15, -0.1) is 0 Å². The van der Waals surface area contributed by atoms with Crippen molar-refractivity contribution >= 4 is 12.0 Å². The zero-order valence-electron chi connectivity index (χ0n) is 12.1. The van der Waals surface area contributed by atoms with Crippen LogP contribution in [0.4, 0.5) is 0 Å². The number of methoxy groups -OCH3 is 2. The summed E-state index contributed by atoms with van der Waals surface area (Å²) in [4.78, 5) is 16.3. The summed E-state index contributed by atoms with van der Waals surface area (Å²) in [5.74, 6) is 0.884. The number of hydrogen-bond acceptors (Lipinski definition) is 5. The Bertz CT molecular complexity index is 473. The molecule has 0 atom stereocenters. The van der Waals surface area contributed by atoms with Crippen molar-refractivity contribution in [3.8, 4) is 11.5 Å². The van der Waals surface area contributed by atoms with E-state index in [0.29, 0.717) is 11.5 Å². The fourth-order valence-electron chi connectivity index (χ4n) is 1.39. The minimum atomic E-state index is -0.258. The van der Waals surface area contributed by atoms with Gasteiger partial charge in [-0.25, -0.2) is 5.06 Å². The summed E-state index contributed by atoms with van der Waals surface area (Å²) in [5.41, 5.74) is 0.810. The first-order valence-corrected chi connectivity index (χ1v) is 5.92. The summed E-state index contributed by atoms with van der Waals surface area (Å²) in [6.07, 6.45) is 3.08. The molecule has 110 valence electrons. The molecule has 0 aliphatic rings. The third kappa shape index (κ3) is 4.56. The average Bonchev–Trinajstić information content (AvgIpc) is 2.49. The molecule has 0 unspecified atom stereocenters. The van der Waals surface area contributed by atoms with E-state index in [1.165, 1.54) is 20.2 Å². The molecule has 0 aromatic heterocycles. The van der Waals surface area contributed by atoms with Gasteiger partial charge in [0.25, 0.3) is 5.91 Å². The predicted molar refractivity (Wildman–Crippen MR) is 74.3 cm³/mol. The van der Waals surface area contributed by atoms with Gasteiger partial charge < -0.3 is 14.2 Å². The van der Waals surface area contributed by atoms with Gasteiger partial charge in [-0.1, -0.05) is 6.07 Å². The molecule has 6 heteroatoms. The predicted octanol–water partition coefficient (Wildman–Crippen LogP) is 1.71. The molecule has 0 saturated carbocycles. The van der Waals surface area contributed by atoms with Gasteiger partial charge in [-0.3, -0.25) is 9.63 Å². The number of hydrogen-bond donors (Lipinski definition) is 0. The lowest BCUT2D eigenvalue weighted by molar-refractivity contribution is -0.162. The Morgan fingerprint density at radius 3 is 2.60 bits per heavy atom. The van der Waals surface area contributed by atoms with E-state index in [1.54, 1.807) is 32.4 Å². The Balaban J connectivity index is 2.82. The van der Waals surface area contributed by atoms with Crippen LogP contribution in [-0.2, 0) is 14.4 Å². The molecule has 0 heterocycles. The number of rotatable bonds is 7. The Labute approximate surface area is 118 Å². The van der Waals surface area contributed by atoms with Gasteiger partial charge in [0.2, 0.25) is 0 Å². The number of carbonyl (C=O) groups is 1. The van der Waals surface area contributed by atoms with Gasteiger partial charge >= 0.3 is 0 Å². The zero-order valence-corrected chi connectivity index (χ0v) is 12.1. The van der Waals surface area contributed by atoms with Crippen LogP contribution < -0.4 is 9.47 Å². The van der Waals surface area contributed by atoms with Crippen LogP contribution in [0.15, 0.2) is 24.3 Å². The highest BCUT2D eigenvalue weighted by atomic mass is 16.7. The molecule has 0 aliphatic carbocycles. The average molecular weight is 281 g/mol. The molecule has 1 amide bonds. The first kappa shape index (κ1) is 16.0. The van der Waals surface area contributed by atoms with E-state index in [4.69, 9.17) is 19.0 Å². The molecule has 0 N–H and O–H groups in total. The summed E-state index contributed by atoms with van der Waals surface area (Å²) in [6.45, 7) is 0.142. The Kier molecular flexibility index (Phi) is 6.55. The highest BCUT2D eigenvalue weighted by molar-refractivity contribution is 5.90. The number of nitrogens with zero attached hydrogens (tertiary/aromatic N) is 1. The number of likely N-dealkylation sites (N-methyl/N-ethyl adjacent to an activating group) is 1. The standard InChI is InChI=1S/C14H19NO5/c1-15(19-4)14(16)8-6-11-5-7-12(20-10-17-2)13(9-11)18-3/h5-9H,10H2,1-4H3/b8-6+. The molecule has 0 bridgehead atoms. The molecule has 0 spiro atoms. The monoisotopic (exact) mass is 281 g/mol. The Morgan fingerprint density at radius 2 is 2.00 bits per heavy atom. The molecule has 0 saturated heterocycles. The van der Waals surface area contributed by atoms with Crippen molar-refractivity contribution in [1.82, 2.24) is 5.06 Å². The normalized spacial score (nSPS) is 10.6. The number of amides is 1. The molecule has 6 nitrogen and oxygen atoms in total. The van der Waals surface area contributed by atoms with E-state index in [9.17, 15) is 4.79 Å². The van der Waals surface area contributed by atoms with Crippen LogP contribution in [-0.4, -0.2) is 46.1 Å². The number of carbonyl (C=O) groups excluding carboxylic acids is 1. The smallest absolute Gasteiger partial charge is 0.269 e. The van der Waals surface area contributed by atoms with Crippen LogP contribution in [0.1, 0.15) is 5.56 Å². The van der Waals surface area contributed by atoms with Gasteiger partial charge in [-0.2, -0.15) is 0 Å². The minimum absolute atomic E-state index is 0.142. The van der Waals surface area contributed by atoms with Gasteiger partial charge in [0.1, 0.15) is 0 Å². The summed E-state index contributed by atoms with van der Waals surface area (Å²) >= 11 is 0. The van der Waals surface area contributed by atoms with E-state index in [-0.39, 0.29) is 12.7 Å². The molecular weight excluding hydrogens is 262 g/mol. The number of hydroxylamine groups is 2. The highest BCUT2D eigenvalue weighted by Gasteiger charge is 2.06. The van der Waals surface area contributed by atoms with Gasteiger partial charge in [0, 0.05) is 20.2 Å². The second-order valence-electron chi connectivity index (χ2n) is 3.81. The maximum absolute atomic E-state index is 11.6. The fraction of sp³-hybridized carbons (Fsp3) is 0.357. The molecule has 1 aromatic rings. The Morgan fingerprint density at radius 1 is 1.25 bits per heavy atom. The largest absolute Gasteiger partial charge is 0.493 e. The molecule has 20 heavy (non-hydrogen) atoms. The third-order valence-corrected chi connectivity index (χ3v) is 2.52. The second kappa shape index (κ2) is 8.19. The van der Waals surface area contributed by atoms with E-state index >= 15 is 0 Å². The zero-order chi connectivity index (χ0) is 15.0. The van der Waals surface area contributed by atoms with Gasteiger partial charge in [-0.05, 0) is 23.8 Å². The van der Waals surface area contributed by atoms with Crippen LogP contribution in [0.2, 0.25) is 0 Å². The quantitative estimate of drug-likeness (QED) is 0.432. The SMILES string of the molecule is COCOc1ccc(/C=C/C(=O)N(C)OC)cc1OC. The highest BCUT2D eigenvalue weighted by Crippen LogP contribution is 2.28. The maximum atomic E-state index is 11.6. The maximum Gasteiger partial charge on any atom is 0.269 e. The lowest BCUT2D eigenvalue weighted by Crippen LogP contribution is -2.22. The third-order valence-electron chi connectivity index (χ3n) is 2.52. The summed E-state index contributed by atoms with van der Waals surface area (Å²) in [5, 5.41) is 1.13. The van der Waals surface area contributed by atoms with Crippen molar-refractivity contribution in [3.05, 3.63) is 29.8 Å². The van der Waals surface area contributed by atoms with Crippen LogP contribution in [0.5, 0.6) is 11.5 Å². The van der Waals surface area contributed by atoms with Crippen LogP contribution in [0, 0.1) is 0 Å². The van der Waals surface area contributed by atoms with Crippen molar-refractivity contribution in [2.45, 2.75) is 0 Å². The molecule has 0 aliphatic heterocycles. The fourth-order valence-corrected chi connectivity index (χ4v) is 1.39. The first-order valence-electron chi connectivity index (χ1n) is 5.92. The van der Waals surface area contributed by atoms with Crippen molar-refractivity contribution in [2.24, 2.45) is 0 Å². The van der Waals surface area contributed by atoms with Crippen LogP contribution >= 0.6 is 0 Å². The van der Waals surface area contributed by atoms with Gasteiger partial charge in [0.15, 0.2) is 18.3 Å². The van der Waals surface area contributed by atoms with Crippen molar-refractivity contribution < 1.29 is 23.8 Å². The van der Waals surface area contributed by atoms with Crippen molar-refractivity contribution in [2.75, 3.05) is 35.2 Å². The minimum Gasteiger partial charge on any atom is -0.493 e. The molecular formula is C14H19NO5. The van der Waals surface area contributed by atoms with Gasteiger partial charge in [0.05, 0.1) is 14.2 Å². The topological polar surface area (TPSA) is 57.2 Å². The second-order valence-corrected chi connectivity index (χ2v) is 3.81. The molecule has 0 radical (unpaired) electrons. The van der Waals surface area contributed by atoms with Crippen molar-refractivity contribution in [1.29, 1.82) is 0 Å². The number of ether oxygens (including phenoxy) is 3. The van der Waals surface area contributed by atoms with Crippen LogP contribution in [0.25, 0.3) is 6.08 Å². The molecule has 0 fully saturated rings.